The Morgan fingerprint density at radius 3 is 2.57 bits per heavy atom. The lowest BCUT2D eigenvalue weighted by Gasteiger charge is -2.20. The lowest BCUT2D eigenvalue weighted by atomic mass is 9.96. The summed E-state index contributed by atoms with van der Waals surface area (Å²) < 4.78 is 13.2. The molecule has 0 aromatic heterocycles. The van der Waals surface area contributed by atoms with Crippen molar-refractivity contribution in [2.75, 3.05) is 6.54 Å². The van der Waals surface area contributed by atoms with Gasteiger partial charge >= 0.3 is 0 Å². The van der Waals surface area contributed by atoms with Gasteiger partial charge in [0.1, 0.15) is 5.82 Å². The summed E-state index contributed by atoms with van der Waals surface area (Å²) >= 11 is 0. The third kappa shape index (κ3) is 2.83. The first-order chi connectivity index (χ1) is 10.1. The Balaban J connectivity index is 1.90. The van der Waals surface area contributed by atoms with Crippen molar-refractivity contribution in [1.82, 2.24) is 5.32 Å². The highest BCUT2D eigenvalue weighted by Crippen LogP contribution is 2.21. The number of halogens is 1. The standard InChI is InChI=1S/C19H16FN/c1-13-11-15(6-8-19(13)20)3-4-16-5-7-18-14(2)21-10-9-17(18)12-16/h5-8,11-12,21H,2,9-10H2,1H3. The molecule has 1 nitrogen and oxygen atoms in total. The second-order valence-corrected chi connectivity index (χ2v) is 5.24. The second-order valence-electron chi connectivity index (χ2n) is 5.24. The van der Waals surface area contributed by atoms with E-state index in [1.807, 2.05) is 6.07 Å². The van der Waals surface area contributed by atoms with Crippen LogP contribution in [0.15, 0.2) is 43.0 Å². The lowest BCUT2D eigenvalue weighted by molar-refractivity contribution is 0.618. The van der Waals surface area contributed by atoms with E-state index in [1.54, 1.807) is 19.1 Å². The van der Waals surface area contributed by atoms with Gasteiger partial charge in [0.2, 0.25) is 0 Å². The summed E-state index contributed by atoms with van der Waals surface area (Å²) in [5.41, 5.74) is 5.85. The third-order valence-corrected chi connectivity index (χ3v) is 3.67. The van der Waals surface area contributed by atoms with Crippen molar-refractivity contribution < 1.29 is 4.39 Å². The van der Waals surface area contributed by atoms with Gasteiger partial charge in [0.15, 0.2) is 0 Å². The zero-order valence-electron chi connectivity index (χ0n) is 12.0. The molecule has 2 aromatic rings. The van der Waals surface area contributed by atoms with Crippen LogP contribution in [0.5, 0.6) is 0 Å². The maximum atomic E-state index is 13.2. The Labute approximate surface area is 124 Å². The zero-order valence-corrected chi connectivity index (χ0v) is 12.0. The molecule has 104 valence electrons. The van der Waals surface area contributed by atoms with Gasteiger partial charge in [-0.3, -0.25) is 0 Å². The molecule has 0 saturated carbocycles. The molecular weight excluding hydrogens is 261 g/mol. The molecule has 0 amide bonds. The molecule has 0 atom stereocenters. The van der Waals surface area contributed by atoms with Gasteiger partial charge in [0.05, 0.1) is 0 Å². The monoisotopic (exact) mass is 277 g/mol. The van der Waals surface area contributed by atoms with Crippen molar-refractivity contribution in [1.29, 1.82) is 0 Å². The van der Waals surface area contributed by atoms with Crippen molar-refractivity contribution >= 4 is 5.70 Å². The van der Waals surface area contributed by atoms with Crippen LogP contribution in [0.25, 0.3) is 5.70 Å². The van der Waals surface area contributed by atoms with Gasteiger partial charge in [-0.25, -0.2) is 4.39 Å². The minimum absolute atomic E-state index is 0.194. The maximum absolute atomic E-state index is 13.2. The van der Waals surface area contributed by atoms with Crippen LogP contribution < -0.4 is 5.32 Å². The quantitative estimate of drug-likeness (QED) is 0.725. The molecule has 0 fully saturated rings. The van der Waals surface area contributed by atoms with E-state index in [9.17, 15) is 4.39 Å². The topological polar surface area (TPSA) is 12.0 Å². The van der Waals surface area contributed by atoms with Gasteiger partial charge in [0.25, 0.3) is 0 Å². The molecule has 0 unspecified atom stereocenters. The van der Waals surface area contributed by atoms with Crippen molar-refractivity contribution in [3.05, 3.63) is 76.6 Å². The number of aryl methyl sites for hydroxylation is 1. The summed E-state index contributed by atoms with van der Waals surface area (Å²) in [4.78, 5) is 0. The molecule has 0 bridgehead atoms. The van der Waals surface area contributed by atoms with E-state index in [2.05, 4.69) is 35.9 Å². The molecule has 0 saturated heterocycles. The van der Waals surface area contributed by atoms with Crippen LogP contribution in [0.1, 0.15) is 27.8 Å². The maximum Gasteiger partial charge on any atom is 0.126 e. The fraction of sp³-hybridized carbons (Fsp3) is 0.158. The molecule has 2 heteroatoms. The SMILES string of the molecule is C=C1NCCc2cc(C#Cc3ccc(F)c(C)c3)ccc21. The molecule has 1 aliphatic heterocycles. The molecule has 1 heterocycles. The van der Waals surface area contributed by atoms with E-state index in [4.69, 9.17) is 0 Å². The van der Waals surface area contributed by atoms with E-state index in [0.717, 1.165) is 29.8 Å². The van der Waals surface area contributed by atoms with Crippen molar-refractivity contribution in [2.45, 2.75) is 13.3 Å². The summed E-state index contributed by atoms with van der Waals surface area (Å²) in [5, 5.41) is 3.26. The highest BCUT2D eigenvalue weighted by atomic mass is 19.1. The van der Waals surface area contributed by atoms with Crippen LogP contribution in [-0.4, -0.2) is 6.54 Å². The fourth-order valence-corrected chi connectivity index (χ4v) is 2.48. The summed E-state index contributed by atoms with van der Waals surface area (Å²) in [6, 6.07) is 11.1. The first-order valence-corrected chi connectivity index (χ1v) is 6.98. The number of fused-ring (bicyclic) bond motifs is 1. The Hall–Kier alpha value is -2.53. The number of hydrogen-bond acceptors (Lipinski definition) is 1. The Bertz CT molecular complexity index is 778. The van der Waals surface area contributed by atoms with Gasteiger partial charge in [-0.2, -0.15) is 0 Å². The Kier molecular flexibility index (Phi) is 3.50. The predicted molar refractivity (Wildman–Crippen MR) is 84.3 cm³/mol. The smallest absolute Gasteiger partial charge is 0.126 e. The highest BCUT2D eigenvalue weighted by molar-refractivity contribution is 5.67. The Morgan fingerprint density at radius 2 is 1.81 bits per heavy atom. The minimum atomic E-state index is -0.194. The highest BCUT2D eigenvalue weighted by Gasteiger charge is 2.11. The summed E-state index contributed by atoms with van der Waals surface area (Å²) in [6.07, 6.45) is 0.986. The van der Waals surface area contributed by atoms with E-state index in [-0.39, 0.29) is 5.82 Å². The Morgan fingerprint density at radius 1 is 1.10 bits per heavy atom. The van der Waals surface area contributed by atoms with Crippen molar-refractivity contribution in [3.63, 3.8) is 0 Å². The van der Waals surface area contributed by atoms with Crippen LogP contribution >= 0.6 is 0 Å². The largest absolute Gasteiger partial charge is 0.385 e. The molecule has 1 aliphatic rings. The molecule has 1 N–H and O–H groups in total. The van der Waals surface area contributed by atoms with E-state index >= 15 is 0 Å². The molecule has 21 heavy (non-hydrogen) atoms. The number of rotatable bonds is 0. The van der Waals surface area contributed by atoms with Crippen LogP contribution in [-0.2, 0) is 6.42 Å². The van der Waals surface area contributed by atoms with Crippen molar-refractivity contribution in [2.24, 2.45) is 0 Å². The van der Waals surface area contributed by atoms with E-state index in [0.29, 0.717) is 5.56 Å². The van der Waals surface area contributed by atoms with Crippen molar-refractivity contribution in [3.8, 4) is 11.8 Å². The van der Waals surface area contributed by atoms with E-state index < -0.39 is 0 Å². The van der Waals surface area contributed by atoms with Crippen LogP contribution in [0.4, 0.5) is 4.39 Å². The fourth-order valence-electron chi connectivity index (χ4n) is 2.48. The summed E-state index contributed by atoms with van der Waals surface area (Å²) in [5.74, 6) is 6.05. The second kappa shape index (κ2) is 5.46. The van der Waals surface area contributed by atoms with Gasteiger partial charge < -0.3 is 5.32 Å². The zero-order chi connectivity index (χ0) is 14.8. The normalized spacial score (nSPS) is 13.0. The van der Waals surface area contributed by atoms with Crippen LogP contribution in [0, 0.1) is 24.6 Å². The molecule has 0 aliphatic carbocycles. The third-order valence-electron chi connectivity index (χ3n) is 3.67. The lowest BCUT2D eigenvalue weighted by Crippen LogP contribution is -2.21. The molecule has 2 aromatic carbocycles. The average Bonchev–Trinajstić information content (AvgIpc) is 2.49. The van der Waals surface area contributed by atoms with E-state index in [1.165, 1.54) is 17.2 Å². The first-order valence-electron chi connectivity index (χ1n) is 6.98. The average molecular weight is 277 g/mol. The minimum Gasteiger partial charge on any atom is -0.385 e. The van der Waals surface area contributed by atoms with Gasteiger partial charge in [-0.15, -0.1) is 0 Å². The summed E-state index contributed by atoms with van der Waals surface area (Å²) in [6.45, 7) is 6.68. The van der Waals surface area contributed by atoms with Gasteiger partial charge in [-0.05, 0) is 54.8 Å². The molecule has 0 spiro atoms. The molecular formula is C19H16FN. The number of benzene rings is 2. The van der Waals surface area contributed by atoms with Gasteiger partial charge in [-0.1, -0.05) is 24.5 Å². The van der Waals surface area contributed by atoms with Crippen LogP contribution in [0.2, 0.25) is 0 Å². The molecule has 0 radical (unpaired) electrons. The molecule has 3 rings (SSSR count). The van der Waals surface area contributed by atoms with Gasteiger partial charge in [0, 0.05) is 28.9 Å². The predicted octanol–water partition coefficient (Wildman–Crippen LogP) is 3.65. The van der Waals surface area contributed by atoms with Crippen LogP contribution in [0.3, 0.4) is 0 Å². The first kappa shape index (κ1) is 13.5. The summed E-state index contributed by atoms with van der Waals surface area (Å²) in [7, 11) is 0. The number of nitrogens with one attached hydrogen (secondary N) is 1. The number of hydrogen-bond donors (Lipinski definition) is 1.